The van der Waals surface area contributed by atoms with Gasteiger partial charge in [-0.25, -0.2) is 4.79 Å². The van der Waals surface area contributed by atoms with Crippen molar-refractivity contribution in [1.29, 1.82) is 0 Å². The number of nitrogens with one attached hydrogen (secondary N) is 1. The first-order valence-corrected chi connectivity index (χ1v) is 9.97. The van der Waals surface area contributed by atoms with Gasteiger partial charge >= 0.3 is 6.03 Å². The average molecular weight is 351 g/mol. The van der Waals surface area contributed by atoms with Crippen LogP contribution < -0.4 is 5.32 Å². The van der Waals surface area contributed by atoms with E-state index in [0.29, 0.717) is 12.6 Å². The Labute approximate surface area is 149 Å². The van der Waals surface area contributed by atoms with E-state index in [1.807, 2.05) is 16.3 Å². The third-order valence-electron chi connectivity index (χ3n) is 5.36. The predicted octanol–water partition coefficient (Wildman–Crippen LogP) is 2.31. The molecule has 0 aromatic carbocycles. The summed E-state index contributed by atoms with van der Waals surface area (Å²) in [6.07, 6.45) is 2.26. The maximum Gasteiger partial charge on any atom is 0.317 e. The molecule has 1 aromatic heterocycles. The summed E-state index contributed by atoms with van der Waals surface area (Å²) in [5.74, 6) is 0.734. The Hall–Kier alpha value is -1.11. The summed E-state index contributed by atoms with van der Waals surface area (Å²) in [7, 11) is 2.21. The van der Waals surface area contributed by atoms with Gasteiger partial charge in [-0.3, -0.25) is 4.90 Å². The van der Waals surface area contributed by atoms with Crippen molar-refractivity contribution in [3.63, 3.8) is 0 Å². The van der Waals surface area contributed by atoms with Gasteiger partial charge in [-0.2, -0.15) is 0 Å². The maximum atomic E-state index is 12.3. The normalized spacial score (nSPS) is 24.2. The number of carbonyl (C=O) groups is 1. The van der Waals surface area contributed by atoms with Crippen LogP contribution in [0.4, 0.5) is 4.79 Å². The number of likely N-dealkylation sites (N-methyl/N-ethyl adjacent to an activating group) is 1. The number of amides is 2. The highest BCUT2D eigenvalue weighted by molar-refractivity contribution is 7.09. The second-order valence-electron chi connectivity index (χ2n) is 7.27. The molecule has 0 radical (unpaired) electrons. The van der Waals surface area contributed by atoms with Crippen LogP contribution in [0.15, 0.2) is 17.5 Å². The smallest absolute Gasteiger partial charge is 0.317 e. The Kier molecular flexibility index (Phi) is 6.14. The van der Waals surface area contributed by atoms with Gasteiger partial charge in [-0.1, -0.05) is 6.07 Å². The second-order valence-corrected chi connectivity index (χ2v) is 8.31. The lowest BCUT2D eigenvalue weighted by molar-refractivity contribution is 0.0712. The van der Waals surface area contributed by atoms with Crippen molar-refractivity contribution in [3.05, 3.63) is 22.4 Å². The first-order chi connectivity index (χ1) is 11.6. The van der Waals surface area contributed by atoms with Crippen LogP contribution in [0.3, 0.4) is 0 Å². The van der Waals surface area contributed by atoms with E-state index >= 15 is 0 Å². The van der Waals surface area contributed by atoms with Crippen molar-refractivity contribution in [2.45, 2.75) is 32.4 Å². The van der Waals surface area contributed by atoms with Gasteiger partial charge in [-0.15, -0.1) is 11.3 Å². The molecule has 2 amide bonds. The summed E-state index contributed by atoms with van der Waals surface area (Å²) in [6, 6.07) is 4.83. The van der Waals surface area contributed by atoms with E-state index in [1.165, 1.54) is 31.1 Å². The summed E-state index contributed by atoms with van der Waals surface area (Å²) in [6.45, 7) is 9.49. The molecule has 0 spiro atoms. The fraction of sp³-hybridized carbons (Fsp3) is 0.722. The van der Waals surface area contributed by atoms with E-state index in [2.05, 4.69) is 35.2 Å². The molecule has 2 fully saturated rings. The molecule has 0 aliphatic carbocycles. The Morgan fingerprint density at radius 3 is 2.75 bits per heavy atom. The fourth-order valence-corrected chi connectivity index (χ4v) is 4.43. The Morgan fingerprint density at radius 1 is 1.29 bits per heavy atom. The van der Waals surface area contributed by atoms with Crippen LogP contribution >= 0.6 is 11.3 Å². The molecule has 2 aliphatic heterocycles. The van der Waals surface area contributed by atoms with Gasteiger partial charge in [0.05, 0.1) is 6.54 Å². The topological polar surface area (TPSA) is 38.8 Å². The van der Waals surface area contributed by atoms with Crippen molar-refractivity contribution in [2.75, 3.05) is 46.3 Å². The molecule has 2 saturated heterocycles. The molecular formula is C18H30N4OS. The minimum Gasteiger partial charge on any atom is -0.333 e. The van der Waals surface area contributed by atoms with Gasteiger partial charge in [0.15, 0.2) is 0 Å². The first kappa shape index (κ1) is 17.7. The number of hydrogen-bond donors (Lipinski definition) is 1. The van der Waals surface area contributed by atoms with Crippen molar-refractivity contribution in [1.82, 2.24) is 20.0 Å². The molecular weight excluding hydrogens is 320 g/mol. The van der Waals surface area contributed by atoms with Gasteiger partial charge in [0.25, 0.3) is 0 Å². The SMILES string of the molecule is C[C@H]1CN(C)CCN1CC1CCN(C(=O)NCc2cccs2)CC1. The molecule has 0 saturated carbocycles. The summed E-state index contributed by atoms with van der Waals surface area (Å²) in [5, 5.41) is 5.09. The van der Waals surface area contributed by atoms with Crippen molar-refractivity contribution in [3.8, 4) is 0 Å². The predicted molar refractivity (Wildman–Crippen MR) is 99.4 cm³/mol. The minimum absolute atomic E-state index is 0.0924. The van der Waals surface area contributed by atoms with Gasteiger partial charge < -0.3 is 15.1 Å². The number of likely N-dealkylation sites (tertiary alicyclic amines) is 1. The molecule has 134 valence electrons. The third-order valence-corrected chi connectivity index (χ3v) is 6.23. The summed E-state index contributed by atoms with van der Waals surface area (Å²) in [4.78, 5) is 20.5. The second kappa shape index (κ2) is 8.32. The number of thiophene rings is 1. The lowest BCUT2D eigenvalue weighted by Gasteiger charge is -2.41. The molecule has 3 heterocycles. The first-order valence-electron chi connectivity index (χ1n) is 9.09. The van der Waals surface area contributed by atoms with Crippen molar-refractivity contribution < 1.29 is 4.79 Å². The van der Waals surface area contributed by atoms with Crippen LogP contribution in [0, 0.1) is 5.92 Å². The fourth-order valence-electron chi connectivity index (χ4n) is 3.79. The third kappa shape index (κ3) is 4.71. The van der Waals surface area contributed by atoms with E-state index in [1.54, 1.807) is 11.3 Å². The van der Waals surface area contributed by atoms with Gasteiger partial charge in [0.1, 0.15) is 0 Å². The molecule has 0 unspecified atom stereocenters. The Morgan fingerprint density at radius 2 is 2.08 bits per heavy atom. The lowest BCUT2D eigenvalue weighted by atomic mass is 9.95. The molecule has 3 rings (SSSR count). The van der Waals surface area contributed by atoms with E-state index < -0.39 is 0 Å². The highest BCUT2D eigenvalue weighted by Gasteiger charge is 2.27. The van der Waals surface area contributed by atoms with Crippen LogP contribution in [-0.4, -0.2) is 73.1 Å². The largest absolute Gasteiger partial charge is 0.333 e. The number of nitrogens with zero attached hydrogens (tertiary/aromatic N) is 3. The average Bonchev–Trinajstić information content (AvgIpc) is 3.09. The van der Waals surface area contributed by atoms with Gasteiger partial charge in [0, 0.05) is 50.2 Å². The van der Waals surface area contributed by atoms with Crippen LogP contribution in [0.25, 0.3) is 0 Å². The zero-order chi connectivity index (χ0) is 16.9. The number of rotatable bonds is 4. The number of carbonyl (C=O) groups excluding carboxylic acids is 1. The molecule has 1 atom stereocenters. The maximum absolute atomic E-state index is 12.3. The Balaban J connectivity index is 1.38. The number of hydrogen-bond acceptors (Lipinski definition) is 4. The zero-order valence-corrected chi connectivity index (χ0v) is 15.7. The standard InChI is InChI=1S/C18H30N4OS/c1-15-13-20(2)9-10-22(15)14-16-5-7-21(8-6-16)18(23)19-12-17-4-3-11-24-17/h3-4,11,15-16H,5-10,12-14H2,1-2H3,(H,19,23)/t15-/m0/s1. The van der Waals surface area contributed by atoms with Gasteiger partial charge in [0.2, 0.25) is 0 Å². The monoisotopic (exact) mass is 350 g/mol. The van der Waals surface area contributed by atoms with E-state index in [0.717, 1.165) is 31.8 Å². The number of urea groups is 1. The molecule has 24 heavy (non-hydrogen) atoms. The van der Waals surface area contributed by atoms with Crippen LogP contribution in [-0.2, 0) is 6.54 Å². The molecule has 1 N–H and O–H groups in total. The summed E-state index contributed by atoms with van der Waals surface area (Å²) < 4.78 is 0. The van der Waals surface area contributed by atoms with Crippen molar-refractivity contribution in [2.24, 2.45) is 5.92 Å². The zero-order valence-electron chi connectivity index (χ0n) is 14.9. The molecule has 0 bridgehead atoms. The van der Waals surface area contributed by atoms with E-state index in [4.69, 9.17) is 0 Å². The van der Waals surface area contributed by atoms with E-state index in [9.17, 15) is 4.79 Å². The summed E-state index contributed by atoms with van der Waals surface area (Å²) >= 11 is 1.69. The van der Waals surface area contributed by atoms with Crippen LogP contribution in [0.1, 0.15) is 24.6 Å². The highest BCUT2D eigenvalue weighted by atomic mass is 32.1. The molecule has 2 aliphatic rings. The lowest BCUT2D eigenvalue weighted by Crippen LogP contribution is -2.53. The molecule has 1 aromatic rings. The minimum atomic E-state index is 0.0924. The number of piperazine rings is 1. The quantitative estimate of drug-likeness (QED) is 0.906. The van der Waals surface area contributed by atoms with Crippen LogP contribution in [0.2, 0.25) is 0 Å². The van der Waals surface area contributed by atoms with Gasteiger partial charge in [-0.05, 0) is 44.2 Å². The van der Waals surface area contributed by atoms with E-state index in [-0.39, 0.29) is 6.03 Å². The summed E-state index contributed by atoms with van der Waals surface area (Å²) in [5.41, 5.74) is 0. The highest BCUT2D eigenvalue weighted by Crippen LogP contribution is 2.21. The molecule has 5 nitrogen and oxygen atoms in total. The van der Waals surface area contributed by atoms with Crippen LogP contribution in [0.5, 0.6) is 0 Å². The van der Waals surface area contributed by atoms with Crippen molar-refractivity contribution >= 4 is 17.4 Å². The molecule has 6 heteroatoms. The number of piperidine rings is 1. The Bertz CT molecular complexity index is 513.